The Kier molecular flexibility index (Phi) is 3.43. The number of benzene rings is 1. The van der Waals surface area contributed by atoms with Gasteiger partial charge in [0, 0.05) is 5.69 Å². The van der Waals surface area contributed by atoms with Crippen LogP contribution >= 0.6 is 11.8 Å². The fraction of sp³-hybridized carbons (Fsp3) is 0.182. The molecule has 17 heavy (non-hydrogen) atoms. The molecule has 6 heteroatoms. The maximum absolute atomic E-state index is 11.0. The molecule has 1 aromatic carbocycles. The lowest BCUT2D eigenvalue weighted by molar-refractivity contribution is -0.117. The molecule has 1 heterocycles. The van der Waals surface area contributed by atoms with E-state index >= 15 is 0 Å². The van der Waals surface area contributed by atoms with E-state index in [0.29, 0.717) is 5.16 Å². The largest absolute Gasteiger partial charge is 0.369 e. The molecule has 0 bridgehead atoms. The molecule has 2 N–H and O–H groups in total. The quantitative estimate of drug-likeness (QED) is 0.826. The molecule has 0 unspecified atom stereocenters. The van der Waals surface area contributed by atoms with E-state index in [2.05, 4.69) is 10.2 Å². The van der Waals surface area contributed by atoms with Crippen LogP contribution in [-0.4, -0.2) is 25.9 Å². The Morgan fingerprint density at radius 3 is 2.76 bits per heavy atom. The predicted molar refractivity (Wildman–Crippen MR) is 65.9 cm³/mol. The summed E-state index contributed by atoms with van der Waals surface area (Å²) < 4.78 is 1.82. The summed E-state index contributed by atoms with van der Waals surface area (Å²) in [7, 11) is 0. The average Bonchev–Trinajstić information content (AvgIpc) is 2.78. The summed E-state index contributed by atoms with van der Waals surface area (Å²) >= 11 is 1.29. The summed E-state index contributed by atoms with van der Waals surface area (Å²) in [5.41, 5.74) is 6.18. The molecular formula is C11H12N4OS. The number of carbonyl (C=O) groups is 1. The van der Waals surface area contributed by atoms with Crippen LogP contribution in [0, 0.1) is 0 Å². The van der Waals surface area contributed by atoms with Gasteiger partial charge < -0.3 is 5.73 Å². The van der Waals surface area contributed by atoms with Gasteiger partial charge in [-0.3, -0.25) is 9.36 Å². The van der Waals surface area contributed by atoms with E-state index in [4.69, 9.17) is 5.73 Å². The van der Waals surface area contributed by atoms with Gasteiger partial charge in [0.2, 0.25) is 5.91 Å². The standard InChI is InChI=1S/C11H12N4OS/c1-8(10(12)16)17-11-14-13-7-15(11)9-5-3-2-4-6-9/h2-8H,1H3,(H2,12,16)/t8-/m0/s1. The van der Waals surface area contributed by atoms with Gasteiger partial charge in [-0.05, 0) is 19.1 Å². The number of nitrogens with zero attached hydrogens (tertiary/aromatic N) is 3. The number of thioether (sulfide) groups is 1. The van der Waals surface area contributed by atoms with E-state index < -0.39 is 0 Å². The Morgan fingerprint density at radius 2 is 2.12 bits per heavy atom. The Balaban J connectivity index is 2.26. The molecule has 0 fully saturated rings. The number of hydrogen-bond donors (Lipinski definition) is 1. The van der Waals surface area contributed by atoms with Crippen molar-refractivity contribution in [3.05, 3.63) is 36.7 Å². The van der Waals surface area contributed by atoms with E-state index in [1.807, 2.05) is 34.9 Å². The lowest BCUT2D eigenvalue weighted by atomic mass is 10.3. The Hall–Kier alpha value is -1.82. The van der Waals surface area contributed by atoms with Crippen molar-refractivity contribution < 1.29 is 4.79 Å². The van der Waals surface area contributed by atoms with Crippen LogP contribution < -0.4 is 5.73 Å². The molecule has 1 aromatic heterocycles. The van der Waals surface area contributed by atoms with Gasteiger partial charge in [0.15, 0.2) is 5.16 Å². The maximum Gasteiger partial charge on any atom is 0.230 e. The number of primary amides is 1. The predicted octanol–water partition coefficient (Wildman–Crippen LogP) is 1.23. The molecule has 1 atom stereocenters. The molecular weight excluding hydrogens is 236 g/mol. The minimum absolute atomic E-state index is 0.332. The van der Waals surface area contributed by atoms with Crippen LogP contribution in [0.15, 0.2) is 41.8 Å². The fourth-order valence-electron chi connectivity index (χ4n) is 1.29. The molecule has 0 aliphatic heterocycles. The molecule has 88 valence electrons. The zero-order valence-electron chi connectivity index (χ0n) is 9.28. The summed E-state index contributed by atoms with van der Waals surface area (Å²) in [4.78, 5) is 11.0. The number of para-hydroxylation sites is 1. The summed E-state index contributed by atoms with van der Waals surface area (Å²) in [5.74, 6) is -0.363. The van der Waals surface area contributed by atoms with E-state index in [9.17, 15) is 4.79 Å². The fourth-order valence-corrected chi connectivity index (χ4v) is 2.08. The highest BCUT2D eigenvalue weighted by molar-refractivity contribution is 8.00. The van der Waals surface area contributed by atoms with Gasteiger partial charge in [0.25, 0.3) is 0 Å². The summed E-state index contributed by atoms with van der Waals surface area (Å²) in [6, 6.07) is 9.69. The zero-order valence-corrected chi connectivity index (χ0v) is 10.1. The van der Waals surface area contributed by atoms with Crippen LogP contribution in [0.25, 0.3) is 5.69 Å². The lowest BCUT2D eigenvalue weighted by Gasteiger charge is -2.08. The molecule has 2 aromatic rings. The van der Waals surface area contributed by atoms with Crippen molar-refractivity contribution in [1.29, 1.82) is 0 Å². The second-order valence-electron chi connectivity index (χ2n) is 3.48. The van der Waals surface area contributed by atoms with Gasteiger partial charge in [-0.2, -0.15) is 0 Å². The first-order valence-electron chi connectivity index (χ1n) is 5.10. The number of rotatable bonds is 4. The highest BCUT2D eigenvalue weighted by atomic mass is 32.2. The monoisotopic (exact) mass is 248 g/mol. The summed E-state index contributed by atoms with van der Waals surface area (Å²) in [6.07, 6.45) is 1.62. The number of aromatic nitrogens is 3. The number of amides is 1. The summed E-state index contributed by atoms with van der Waals surface area (Å²) in [5, 5.41) is 8.16. The molecule has 0 spiro atoms. The first kappa shape index (κ1) is 11.7. The van der Waals surface area contributed by atoms with E-state index in [0.717, 1.165) is 5.69 Å². The van der Waals surface area contributed by atoms with Gasteiger partial charge in [-0.1, -0.05) is 30.0 Å². The number of hydrogen-bond acceptors (Lipinski definition) is 4. The third kappa shape index (κ3) is 2.65. The van der Waals surface area contributed by atoms with Crippen LogP contribution in [0.3, 0.4) is 0 Å². The van der Waals surface area contributed by atoms with Gasteiger partial charge in [-0.25, -0.2) is 0 Å². The van der Waals surface area contributed by atoms with Gasteiger partial charge in [0.05, 0.1) is 5.25 Å². The van der Waals surface area contributed by atoms with Crippen LogP contribution in [-0.2, 0) is 4.79 Å². The maximum atomic E-state index is 11.0. The van der Waals surface area contributed by atoms with Gasteiger partial charge >= 0.3 is 0 Å². The van der Waals surface area contributed by atoms with Crippen molar-refractivity contribution in [2.75, 3.05) is 0 Å². The van der Waals surface area contributed by atoms with Crippen LogP contribution in [0.2, 0.25) is 0 Å². The smallest absolute Gasteiger partial charge is 0.230 e. The van der Waals surface area contributed by atoms with Gasteiger partial charge in [0.1, 0.15) is 6.33 Å². The minimum atomic E-state index is -0.363. The molecule has 0 radical (unpaired) electrons. The molecule has 0 aliphatic rings. The molecule has 1 amide bonds. The van der Waals surface area contributed by atoms with Crippen molar-refractivity contribution in [1.82, 2.24) is 14.8 Å². The third-order valence-electron chi connectivity index (χ3n) is 2.23. The minimum Gasteiger partial charge on any atom is -0.369 e. The molecule has 2 rings (SSSR count). The van der Waals surface area contributed by atoms with Crippen molar-refractivity contribution in [2.24, 2.45) is 5.73 Å². The van der Waals surface area contributed by atoms with E-state index in [1.165, 1.54) is 11.8 Å². The topological polar surface area (TPSA) is 73.8 Å². The Labute approximate surface area is 103 Å². The van der Waals surface area contributed by atoms with Crippen molar-refractivity contribution in [3.63, 3.8) is 0 Å². The first-order chi connectivity index (χ1) is 8.18. The normalized spacial score (nSPS) is 12.3. The highest BCUT2D eigenvalue weighted by Crippen LogP contribution is 2.23. The second kappa shape index (κ2) is 5.01. The molecule has 0 aliphatic carbocycles. The van der Waals surface area contributed by atoms with Crippen molar-refractivity contribution in [2.45, 2.75) is 17.3 Å². The molecule has 0 saturated carbocycles. The highest BCUT2D eigenvalue weighted by Gasteiger charge is 2.15. The van der Waals surface area contributed by atoms with E-state index in [1.54, 1.807) is 13.3 Å². The Bertz CT molecular complexity index is 511. The first-order valence-corrected chi connectivity index (χ1v) is 5.98. The third-order valence-corrected chi connectivity index (χ3v) is 3.31. The molecule has 5 nitrogen and oxygen atoms in total. The van der Waals surface area contributed by atoms with Crippen molar-refractivity contribution in [3.8, 4) is 5.69 Å². The zero-order chi connectivity index (χ0) is 12.3. The SMILES string of the molecule is C[C@H](Sc1nncn1-c1ccccc1)C(N)=O. The van der Waals surface area contributed by atoms with Crippen LogP contribution in [0.4, 0.5) is 0 Å². The van der Waals surface area contributed by atoms with Crippen LogP contribution in [0.5, 0.6) is 0 Å². The average molecular weight is 248 g/mol. The second-order valence-corrected chi connectivity index (χ2v) is 4.79. The number of nitrogens with two attached hydrogens (primary N) is 1. The van der Waals surface area contributed by atoms with Crippen LogP contribution in [0.1, 0.15) is 6.92 Å². The molecule has 0 saturated heterocycles. The Morgan fingerprint density at radius 1 is 1.41 bits per heavy atom. The van der Waals surface area contributed by atoms with Crippen molar-refractivity contribution >= 4 is 17.7 Å². The van der Waals surface area contributed by atoms with Gasteiger partial charge in [-0.15, -0.1) is 10.2 Å². The lowest BCUT2D eigenvalue weighted by Crippen LogP contribution is -2.22. The summed E-state index contributed by atoms with van der Waals surface area (Å²) in [6.45, 7) is 1.75. The van der Waals surface area contributed by atoms with E-state index in [-0.39, 0.29) is 11.2 Å². The number of carbonyl (C=O) groups excluding carboxylic acids is 1.